The molecule has 0 bridgehead atoms. The molecule has 1 saturated carbocycles. The van der Waals surface area contributed by atoms with Crippen molar-refractivity contribution in [3.05, 3.63) is 59.1 Å². The number of nitrogens with zero attached hydrogens (tertiary/aromatic N) is 1. The second-order valence-corrected chi connectivity index (χ2v) is 8.83. The number of amides is 2. The minimum atomic E-state index is -0.847. The lowest BCUT2D eigenvalue weighted by Crippen LogP contribution is -2.51. The number of hydrogen-bond acceptors (Lipinski definition) is 4. The topological polar surface area (TPSA) is 67.9 Å². The van der Waals surface area contributed by atoms with Gasteiger partial charge in [0.15, 0.2) is 17.6 Å². The van der Waals surface area contributed by atoms with Gasteiger partial charge in [0, 0.05) is 11.1 Å². The summed E-state index contributed by atoms with van der Waals surface area (Å²) in [5.74, 6) is 0.448. The van der Waals surface area contributed by atoms with E-state index < -0.39 is 12.1 Å². The average Bonchev–Trinajstić information content (AvgIpc) is 3.32. The van der Waals surface area contributed by atoms with Crippen LogP contribution in [-0.2, 0) is 9.59 Å². The van der Waals surface area contributed by atoms with Crippen LogP contribution in [0.15, 0.2) is 48.5 Å². The summed E-state index contributed by atoms with van der Waals surface area (Å²) < 4.78 is 11.9. The first-order chi connectivity index (χ1) is 15.5. The Bertz CT molecular complexity index is 947. The van der Waals surface area contributed by atoms with Crippen LogP contribution in [0, 0.1) is 0 Å². The van der Waals surface area contributed by atoms with Crippen molar-refractivity contribution in [3.8, 4) is 11.5 Å². The standard InChI is InChI=1S/C24H26Cl2N2O4/c25-13-22(29)28(14-19-15-31-20-7-3-4-8-21(20)32-19)23(16-9-11-17(26)12-10-16)24(30)27-18-5-1-2-6-18/h3-4,7-12,18-19,23H,1-2,5-6,13-15H2,(H,27,30). The van der Waals surface area contributed by atoms with Gasteiger partial charge in [-0.1, -0.05) is 48.7 Å². The number of carbonyl (C=O) groups is 2. The molecular weight excluding hydrogens is 451 g/mol. The van der Waals surface area contributed by atoms with E-state index in [0.29, 0.717) is 22.1 Å². The van der Waals surface area contributed by atoms with E-state index in [2.05, 4.69) is 5.32 Å². The fourth-order valence-corrected chi connectivity index (χ4v) is 4.55. The summed E-state index contributed by atoms with van der Waals surface area (Å²) in [7, 11) is 0. The number of fused-ring (bicyclic) bond motifs is 1. The first-order valence-electron chi connectivity index (χ1n) is 10.8. The van der Waals surface area contributed by atoms with E-state index in [0.717, 1.165) is 25.7 Å². The average molecular weight is 477 g/mol. The van der Waals surface area contributed by atoms with Crippen molar-refractivity contribution < 1.29 is 19.1 Å². The molecule has 4 rings (SSSR count). The summed E-state index contributed by atoms with van der Waals surface area (Å²) in [6.45, 7) is 0.423. The van der Waals surface area contributed by atoms with Gasteiger partial charge in [-0.25, -0.2) is 0 Å². The van der Waals surface area contributed by atoms with E-state index >= 15 is 0 Å². The molecule has 2 unspecified atom stereocenters. The molecule has 32 heavy (non-hydrogen) atoms. The number of ether oxygens (including phenoxy) is 2. The van der Waals surface area contributed by atoms with Gasteiger partial charge in [0.25, 0.3) is 0 Å². The first-order valence-corrected chi connectivity index (χ1v) is 11.8. The molecular formula is C24H26Cl2N2O4. The van der Waals surface area contributed by atoms with E-state index in [1.54, 1.807) is 24.3 Å². The molecule has 1 fully saturated rings. The molecule has 1 aliphatic carbocycles. The van der Waals surface area contributed by atoms with E-state index in [1.165, 1.54) is 4.90 Å². The second-order valence-electron chi connectivity index (χ2n) is 8.12. The molecule has 2 amide bonds. The van der Waals surface area contributed by atoms with Crippen molar-refractivity contribution in [2.75, 3.05) is 19.0 Å². The first kappa shape index (κ1) is 22.7. The predicted octanol–water partition coefficient (Wildman–Crippen LogP) is 4.35. The van der Waals surface area contributed by atoms with Crippen LogP contribution < -0.4 is 14.8 Å². The molecule has 8 heteroatoms. The Morgan fingerprint density at radius 3 is 2.44 bits per heavy atom. The Kier molecular flexibility index (Phi) is 7.43. The normalized spacial score (nSPS) is 18.8. The van der Waals surface area contributed by atoms with Crippen molar-refractivity contribution in [2.45, 2.75) is 43.9 Å². The van der Waals surface area contributed by atoms with Crippen molar-refractivity contribution in [3.63, 3.8) is 0 Å². The molecule has 2 atom stereocenters. The van der Waals surface area contributed by atoms with Gasteiger partial charge >= 0.3 is 0 Å². The Morgan fingerprint density at radius 1 is 1.06 bits per heavy atom. The Hall–Kier alpha value is -2.44. The van der Waals surface area contributed by atoms with Crippen LogP contribution in [-0.4, -0.2) is 47.9 Å². The maximum absolute atomic E-state index is 13.4. The highest BCUT2D eigenvalue weighted by Gasteiger charge is 2.35. The molecule has 2 aromatic rings. The number of rotatable bonds is 7. The summed E-state index contributed by atoms with van der Waals surface area (Å²) in [5.41, 5.74) is 0.667. The molecule has 170 valence electrons. The zero-order valence-electron chi connectivity index (χ0n) is 17.6. The van der Waals surface area contributed by atoms with Crippen LogP contribution in [0.4, 0.5) is 0 Å². The third-order valence-corrected chi connectivity index (χ3v) is 6.33. The lowest BCUT2D eigenvalue weighted by molar-refractivity contribution is -0.141. The van der Waals surface area contributed by atoms with Crippen molar-refractivity contribution in [2.24, 2.45) is 0 Å². The molecule has 0 aromatic heterocycles. The van der Waals surface area contributed by atoms with E-state index in [-0.39, 0.29) is 36.9 Å². The summed E-state index contributed by atoms with van der Waals surface area (Å²) in [5, 5.41) is 3.68. The largest absolute Gasteiger partial charge is 0.486 e. The van der Waals surface area contributed by atoms with Crippen LogP contribution in [0.1, 0.15) is 37.3 Å². The molecule has 1 N–H and O–H groups in total. The fraction of sp³-hybridized carbons (Fsp3) is 0.417. The van der Waals surface area contributed by atoms with Crippen LogP contribution in [0.5, 0.6) is 11.5 Å². The maximum Gasteiger partial charge on any atom is 0.247 e. The number of para-hydroxylation sites is 2. The summed E-state index contributed by atoms with van der Waals surface area (Å²) in [6.07, 6.45) is 3.63. The minimum Gasteiger partial charge on any atom is -0.486 e. The number of benzene rings is 2. The molecule has 6 nitrogen and oxygen atoms in total. The highest BCUT2D eigenvalue weighted by Crippen LogP contribution is 2.32. The molecule has 2 aromatic carbocycles. The van der Waals surface area contributed by atoms with Crippen molar-refractivity contribution >= 4 is 35.0 Å². The zero-order valence-corrected chi connectivity index (χ0v) is 19.1. The van der Waals surface area contributed by atoms with Gasteiger partial charge in [0.2, 0.25) is 11.8 Å². The quantitative estimate of drug-likeness (QED) is 0.603. The van der Waals surface area contributed by atoms with E-state index in [1.807, 2.05) is 24.3 Å². The van der Waals surface area contributed by atoms with Gasteiger partial charge in [-0.05, 0) is 42.7 Å². The second kappa shape index (κ2) is 10.5. The summed E-state index contributed by atoms with van der Waals surface area (Å²) in [4.78, 5) is 27.9. The van der Waals surface area contributed by atoms with Crippen LogP contribution >= 0.6 is 23.2 Å². The maximum atomic E-state index is 13.4. The van der Waals surface area contributed by atoms with Gasteiger partial charge in [0.05, 0.1) is 6.54 Å². The van der Waals surface area contributed by atoms with Crippen LogP contribution in [0.3, 0.4) is 0 Å². The minimum absolute atomic E-state index is 0.117. The predicted molar refractivity (Wildman–Crippen MR) is 123 cm³/mol. The van der Waals surface area contributed by atoms with Gasteiger partial charge in [-0.3, -0.25) is 9.59 Å². The SMILES string of the molecule is O=C(NC1CCCC1)C(c1ccc(Cl)cc1)N(CC1COc2ccccc2O1)C(=O)CCl. The molecule has 0 spiro atoms. The smallest absolute Gasteiger partial charge is 0.247 e. The van der Waals surface area contributed by atoms with Gasteiger partial charge in [-0.2, -0.15) is 0 Å². The zero-order chi connectivity index (χ0) is 22.5. The molecule has 1 heterocycles. The summed E-state index contributed by atoms with van der Waals surface area (Å²) in [6, 6.07) is 13.6. The lowest BCUT2D eigenvalue weighted by atomic mass is 10.0. The molecule has 1 aliphatic heterocycles. The third-order valence-electron chi connectivity index (χ3n) is 5.85. The Labute approximate surface area is 197 Å². The van der Waals surface area contributed by atoms with Crippen molar-refractivity contribution in [1.82, 2.24) is 10.2 Å². The van der Waals surface area contributed by atoms with Crippen molar-refractivity contribution in [1.29, 1.82) is 0 Å². The number of alkyl halides is 1. The summed E-state index contributed by atoms with van der Waals surface area (Å²) >= 11 is 12.0. The van der Waals surface area contributed by atoms with E-state index in [9.17, 15) is 9.59 Å². The van der Waals surface area contributed by atoms with Crippen LogP contribution in [0.25, 0.3) is 0 Å². The lowest BCUT2D eigenvalue weighted by Gasteiger charge is -2.36. The molecule has 2 aliphatic rings. The monoisotopic (exact) mass is 476 g/mol. The highest BCUT2D eigenvalue weighted by atomic mass is 35.5. The number of carbonyl (C=O) groups excluding carboxylic acids is 2. The Morgan fingerprint density at radius 2 is 1.75 bits per heavy atom. The molecule has 0 saturated heterocycles. The van der Waals surface area contributed by atoms with E-state index in [4.69, 9.17) is 32.7 Å². The third kappa shape index (κ3) is 5.30. The highest BCUT2D eigenvalue weighted by molar-refractivity contribution is 6.30. The van der Waals surface area contributed by atoms with Gasteiger partial charge in [-0.15, -0.1) is 11.6 Å². The fourth-order valence-electron chi connectivity index (χ4n) is 4.27. The van der Waals surface area contributed by atoms with Gasteiger partial charge in [0.1, 0.15) is 18.5 Å². The number of hydrogen-bond donors (Lipinski definition) is 1. The number of nitrogens with one attached hydrogen (secondary N) is 1. The Balaban J connectivity index is 1.60. The van der Waals surface area contributed by atoms with Crippen LogP contribution in [0.2, 0.25) is 5.02 Å². The van der Waals surface area contributed by atoms with Gasteiger partial charge < -0.3 is 19.7 Å². The molecule has 0 radical (unpaired) electrons. The number of halogens is 2.